The molecule has 0 aromatic carbocycles. The fourth-order valence-corrected chi connectivity index (χ4v) is 1.23. The predicted molar refractivity (Wildman–Crippen MR) is 55.4 cm³/mol. The SMILES string of the molecule is C=CC(=O)OC(=C)C(=O)OCC1CCCO1. The van der Waals surface area contributed by atoms with Gasteiger partial charge in [-0.1, -0.05) is 6.58 Å². The van der Waals surface area contributed by atoms with Crippen molar-refractivity contribution >= 4 is 11.9 Å². The van der Waals surface area contributed by atoms with E-state index < -0.39 is 11.9 Å². The van der Waals surface area contributed by atoms with Crippen LogP contribution in [0, 0.1) is 0 Å². The normalized spacial score (nSPS) is 18.9. The summed E-state index contributed by atoms with van der Waals surface area (Å²) in [6, 6.07) is 0. The number of hydrogen-bond acceptors (Lipinski definition) is 5. The lowest BCUT2D eigenvalue weighted by atomic mass is 10.2. The highest BCUT2D eigenvalue weighted by atomic mass is 16.6. The van der Waals surface area contributed by atoms with E-state index in [1.54, 1.807) is 0 Å². The first kappa shape index (κ1) is 12.4. The van der Waals surface area contributed by atoms with E-state index in [1.807, 2.05) is 0 Å². The second kappa shape index (κ2) is 6.07. The second-order valence-electron chi connectivity index (χ2n) is 3.28. The zero-order valence-corrected chi connectivity index (χ0v) is 8.94. The van der Waals surface area contributed by atoms with Gasteiger partial charge in [-0.2, -0.15) is 0 Å². The Morgan fingerprint density at radius 1 is 1.50 bits per heavy atom. The van der Waals surface area contributed by atoms with Crippen molar-refractivity contribution in [3.05, 3.63) is 25.0 Å². The van der Waals surface area contributed by atoms with Crippen molar-refractivity contribution in [2.75, 3.05) is 13.2 Å². The van der Waals surface area contributed by atoms with Crippen LogP contribution >= 0.6 is 0 Å². The van der Waals surface area contributed by atoms with Gasteiger partial charge in [-0.15, -0.1) is 0 Å². The first-order valence-electron chi connectivity index (χ1n) is 4.95. The molecule has 0 spiro atoms. The van der Waals surface area contributed by atoms with Crippen LogP contribution < -0.4 is 0 Å². The van der Waals surface area contributed by atoms with E-state index in [0.717, 1.165) is 18.9 Å². The maximum Gasteiger partial charge on any atom is 0.373 e. The average molecular weight is 226 g/mol. The molecule has 1 fully saturated rings. The lowest BCUT2D eigenvalue weighted by Gasteiger charge is -2.10. The summed E-state index contributed by atoms with van der Waals surface area (Å²) >= 11 is 0. The van der Waals surface area contributed by atoms with Crippen LogP contribution in [0.5, 0.6) is 0 Å². The molecule has 0 aromatic heterocycles. The molecule has 1 unspecified atom stereocenters. The Hall–Kier alpha value is -1.62. The zero-order valence-electron chi connectivity index (χ0n) is 8.94. The summed E-state index contributed by atoms with van der Waals surface area (Å²) < 4.78 is 14.6. The molecule has 1 saturated heterocycles. The monoisotopic (exact) mass is 226 g/mol. The highest BCUT2D eigenvalue weighted by Crippen LogP contribution is 2.12. The van der Waals surface area contributed by atoms with Crippen molar-refractivity contribution < 1.29 is 23.8 Å². The lowest BCUT2D eigenvalue weighted by Crippen LogP contribution is -2.20. The molecule has 1 aliphatic rings. The molecule has 0 aromatic rings. The third-order valence-corrected chi connectivity index (χ3v) is 2.04. The molecule has 0 bridgehead atoms. The van der Waals surface area contributed by atoms with Crippen LogP contribution in [0.3, 0.4) is 0 Å². The largest absolute Gasteiger partial charge is 0.457 e. The van der Waals surface area contributed by atoms with E-state index in [-0.39, 0.29) is 18.5 Å². The molecular weight excluding hydrogens is 212 g/mol. The zero-order chi connectivity index (χ0) is 12.0. The van der Waals surface area contributed by atoms with Crippen molar-refractivity contribution in [1.29, 1.82) is 0 Å². The highest BCUT2D eigenvalue weighted by molar-refractivity contribution is 5.91. The smallest absolute Gasteiger partial charge is 0.373 e. The Kier molecular flexibility index (Phi) is 4.72. The van der Waals surface area contributed by atoms with Crippen LogP contribution in [0.4, 0.5) is 0 Å². The van der Waals surface area contributed by atoms with Crippen LogP contribution in [0.15, 0.2) is 25.0 Å². The number of carbonyl (C=O) groups excluding carboxylic acids is 2. The Bertz CT molecular complexity index is 301. The summed E-state index contributed by atoms with van der Waals surface area (Å²) in [6.45, 7) is 7.32. The predicted octanol–water partition coefficient (Wildman–Crippen LogP) is 0.951. The summed E-state index contributed by atoms with van der Waals surface area (Å²) in [6.07, 6.45) is 2.71. The van der Waals surface area contributed by atoms with Gasteiger partial charge in [0.25, 0.3) is 0 Å². The van der Waals surface area contributed by atoms with E-state index in [1.165, 1.54) is 0 Å². The minimum atomic E-state index is -0.759. The Balaban J connectivity index is 2.25. The van der Waals surface area contributed by atoms with Gasteiger partial charge in [0.15, 0.2) is 0 Å². The maximum absolute atomic E-state index is 11.3. The van der Waals surface area contributed by atoms with Gasteiger partial charge in [0.1, 0.15) is 6.61 Å². The quantitative estimate of drug-likeness (QED) is 0.397. The summed E-state index contributed by atoms with van der Waals surface area (Å²) in [4.78, 5) is 22.0. The van der Waals surface area contributed by atoms with Crippen LogP contribution in [-0.2, 0) is 23.8 Å². The van der Waals surface area contributed by atoms with Crippen LogP contribution in [0.2, 0.25) is 0 Å². The summed E-state index contributed by atoms with van der Waals surface area (Å²) in [5.74, 6) is -1.84. The van der Waals surface area contributed by atoms with Gasteiger partial charge in [0.05, 0.1) is 6.10 Å². The Morgan fingerprint density at radius 2 is 2.25 bits per heavy atom. The van der Waals surface area contributed by atoms with Gasteiger partial charge in [-0.25, -0.2) is 9.59 Å². The molecule has 0 amide bonds. The molecule has 16 heavy (non-hydrogen) atoms. The van der Waals surface area contributed by atoms with Crippen LogP contribution in [0.25, 0.3) is 0 Å². The summed E-state index contributed by atoms with van der Waals surface area (Å²) in [5, 5.41) is 0. The minimum Gasteiger partial charge on any atom is -0.457 e. The molecule has 1 rings (SSSR count). The molecule has 5 nitrogen and oxygen atoms in total. The van der Waals surface area contributed by atoms with Gasteiger partial charge in [-0.3, -0.25) is 0 Å². The summed E-state index contributed by atoms with van der Waals surface area (Å²) in [7, 11) is 0. The molecule has 1 aliphatic heterocycles. The van der Waals surface area contributed by atoms with Gasteiger partial charge >= 0.3 is 11.9 Å². The van der Waals surface area contributed by atoms with Crippen molar-refractivity contribution in [3.8, 4) is 0 Å². The third kappa shape index (κ3) is 3.86. The molecule has 1 atom stereocenters. The first-order chi connectivity index (χ1) is 7.63. The molecule has 5 heteroatoms. The standard InChI is InChI=1S/C11H14O5/c1-3-10(12)16-8(2)11(13)15-7-9-5-4-6-14-9/h3,9H,1-2,4-7H2. The van der Waals surface area contributed by atoms with Crippen LogP contribution in [0.1, 0.15) is 12.8 Å². The average Bonchev–Trinajstić information content (AvgIpc) is 2.78. The number of hydrogen-bond donors (Lipinski definition) is 0. The van der Waals surface area contributed by atoms with E-state index >= 15 is 0 Å². The van der Waals surface area contributed by atoms with Crippen molar-refractivity contribution in [2.24, 2.45) is 0 Å². The number of rotatable bonds is 5. The van der Waals surface area contributed by atoms with E-state index in [0.29, 0.717) is 6.61 Å². The number of esters is 2. The van der Waals surface area contributed by atoms with Crippen molar-refractivity contribution in [3.63, 3.8) is 0 Å². The van der Waals surface area contributed by atoms with Crippen LogP contribution in [-0.4, -0.2) is 31.3 Å². The lowest BCUT2D eigenvalue weighted by molar-refractivity contribution is -0.151. The molecule has 0 saturated carbocycles. The second-order valence-corrected chi connectivity index (χ2v) is 3.28. The Morgan fingerprint density at radius 3 is 2.81 bits per heavy atom. The maximum atomic E-state index is 11.3. The first-order valence-corrected chi connectivity index (χ1v) is 4.95. The van der Waals surface area contributed by atoms with Gasteiger partial charge in [0, 0.05) is 12.7 Å². The summed E-state index contributed by atoms with van der Waals surface area (Å²) in [5.41, 5.74) is 0. The van der Waals surface area contributed by atoms with Crippen molar-refractivity contribution in [2.45, 2.75) is 18.9 Å². The third-order valence-electron chi connectivity index (χ3n) is 2.04. The van der Waals surface area contributed by atoms with Gasteiger partial charge in [0.2, 0.25) is 5.76 Å². The molecule has 88 valence electrons. The van der Waals surface area contributed by atoms with Gasteiger partial charge < -0.3 is 14.2 Å². The minimum absolute atomic E-state index is 0.0631. The molecular formula is C11H14O5. The van der Waals surface area contributed by atoms with E-state index in [2.05, 4.69) is 17.9 Å². The van der Waals surface area contributed by atoms with Gasteiger partial charge in [-0.05, 0) is 19.4 Å². The fourth-order valence-electron chi connectivity index (χ4n) is 1.23. The molecule has 0 radical (unpaired) electrons. The molecule has 0 aliphatic carbocycles. The topological polar surface area (TPSA) is 61.8 Å². The van der Waals surface area contributed by atoms with E-state index in [9.17, 15) is 9.59 Å². The van der Waals surface area contributed by atoms with Crippen molar-refractivity contribution in [1.82, 2.24) is 0 Å². The molecule has 0 N–H and O–H groups in total. The Labute approximate surface area is 93.7 Å². The van der Waals surface area contributed by atoms with E-state index in [4.69, 9.17) is 9.47 Å². The number of carbonyl (C=O) groups is 2. The fraction of sp³-hybridized carbons (Fsp3) is 0.455. The number of ether oxygens (including phenoxy) is 3. The molecule has 1 heterocycles. The highest BCUT2D eigenvalue weighted by Gasteiger charge is 2.19.